The van der Waals surface area contributed by atoms with Gasteiger partial charge >= 0.3 is 0 Å². The van der Waals surface area contributed by atoms with Gasteiger partial charge in [0.05, 0.1) is 16.7 Å². The van der Waals surface area contributed by atoms with Gasteiger partial charge in [0.1, 0.15) is 11.5 Å². The molecular weight excluding hydrogens is 402 g/mol. The minimum Gasteiger partial charge on any atom is -0.455 e. The number of furan rings is 1. The van der Waals surface area contributed by atoms with E-state index in [-0.39, 0.29) is 11.6 Å². The molecule has 1 amide bonds. The van der Waals surface area contributed by atoms with Crippen molar-refractivity contribution in [1.29, 1.82) is 0 Å². The van der Waals surface area contributed by atoms with Gasteiger partial charge < -0.3 is 4.42 Å². The number of hydrogen-bond donors (Lipinski definition) is 1. The lowest BCUT2D eigenvalue weighted by Gasteiger charge is -1.99. The van der Waals surface area contributed by atoms with E-state index in [0.717, 1.165) is 4.47 Å². The number of hydrogen-bond acceptors (Lipinski definition) is 5. The molecule has 8 heteroatoms. The van der Waals surface area contributed by atoms with Crippen molar-refractivity contribution in [2.45, 2.75) is 0 Å². The molecule has 1 heterocycles. The Morgan fingerprint density at radius 1 is 1.12 bits per heavy atom. The maximum Gasteiger partial charge on any atom is 0.280 e. The number of benzene rings is 2. The Morgan fingerprint density at radius 2 is 1.85 bits per heavy atom. The van der Waals surface area contributed by atoms with Gasteiger partial charge in [0.25, 0.3) is 11.6 Å². The molecule has 1 aromatic heterocycles. The fourth-order valence-electron chi connectivity index (χ4n) is 2.23. The molecule has 0 aliphatic rings. The van der Waals surface area contributed by atoms with Crippen LogP contribution in [-0.2, 0) is 0 Å². The quantitative estimate of drug-likeness (QED) is 0.381. The normalized spacial score (nSPS) is 10.8. The fraction of sp³-hybridized carbons (Fsp3) is 0. The molecule has 7 nitrogen and oxygen atoms in total. The second kappa shape index (κ2) is 7.75. The van der Waals surface area contributed by atoms with Crippen molar-refractivity contribution in [2.24, 2.45) is 5.10 Å². The molecule has 0 bridgehead atoms. The maximum atomic E-state index is 11.9. The fourth-order valence-corrected chi connectivity index (χ4v) is 2.49. The highest BCUT2D eigenvalue weighted by Gasteiger charge is 2.16. The minimum absolute atomic E-state index is 0.0473. The minimum atomic E-state index is -0.468. The number of amides is 1. The molecular formula is C18H12BrN3O4. The van der Waals surface area contributed by atoms with Crippen molar-refractivity contribution in [3.63, 3.8) is 0 Å². The number of hydrazone groups is 1. The lowest BCUT2D eigenvalue weighted by Crippen LogP contribution is -2.17. The zero-order chi connectivity index (χ0) is 18.5. The Bertz CT molecular complexity index is 980. The highest BCUT2D eigenvalue weighted by atomic mass is 79.9. The summed E-state index contributed by atoms with van der Waals surface area (Å²) in [6, 6.07) is 16.3. The smallest absolute Gasteiger partial charge is 0.280 e. The second-order valence-corrected chi connectivity index (χ2v) is 6.10. The van der Waals surface area contributed by atoms with Gasteiger partial charge in [-0.25, -0.2) is 5.43 Å². The van der Waals surface area contributed by atoms with Crippen molar-refractivity contribution >= 4 is 33.7 Å². The first-order valence-electron chi connectivity index (χ1n) is 7.47. The number of para-hydroxylation sites is 1. The van der Waals surface area contributed by atoms with Crippen molar-refractivity contribution < 1.29 is 14.1 Å². The van der Waals surface area contributed by atoms with Crippen molar-refractivity contribution in [1.82, 2.24) is 5.43 Å². The van der Waals surface area contributed by atoms with E-state index in [9.17, 15) is 14.9 Å². The molecule has 0 atom stereocenters. The predicted molar refractivity (Wildman–Crippen MR) is 100 cm³/mol. The summed E-state index contributed by atoms with van der Waals surface area (Å²) in [7, 11) is 0. The molecule has 130 valence electrons. The predicted octanol–water partition coefficient (Wildman–Crippen LogP) is 4.38. The molecule has 0 spiro atoms. The molecule has 0 saturated heterocycles. The van der Waals surface area contributed by atoms with E-state index < -0.39 is 4.92 Å². The van der Waals surface area contributed by atoms with Crippen molar-refractivity contribution in [2.75, 3.05) is 0 Å². The maximum absolute atomic E-state index is 11.9. The van der Waals surface area contributed by atoms with E-state index >= 15 is 0 Å². The van der Waals surface area contributed by atoms with Gasteiger partial charge in [-0.2, -0.15) is 5.10 Å². The number of nitro benzene ring substituents is 1. The monoisotopic (exact) mass is 413 g/mol. The largest absolute Gasteiger partial charge is 0.455 e. The summed E-state index contributed by atoms with van der Waals surface area (Å²) in [5.41, 5.74) is 3.18. The second-order valence-electron chi connectivity index (χ2n) is 5.18. The zero-order valence-corrected chi connectivity index (χ0v) is 14.8. The first-order valence-corrected chi connectivity index (χ1v) is 8.26. The van der Waals surface area contributed by atoms with Crippen LogP contribution in [-0.4, -0.2) is 17.0 Å². The summed E-state index contributed by atoms with van der Waals surface area (Å²) >= 11 is 3.30. The molecule has 0 aliphatic carbocycles. The van der Waals surface area contributed by atoms with Crippen molar-refractivity contribution in [3.8, 4) is 11.3 Å². The van der Waals surface area contributed by atoms with Gasteiger partial charge in [-0.05, 0) is 42.5 Å². The number of nitro groups is 1. The third-order valence-electron chi connectivity index (χ3n) is 3.46. The highest BCUT2D eigenvalue weighted by molar-refractivity contribution is 9.10. The molecule has 1 N–H and O–H groups in total. The molecule has 0 aliphatic heterocycles. The van der Waals surface area contributed by atoms with Gasteiger partial charge in [-0.15, -0.1) is 0 Å². The van der Waals surface area contributed by atoms with Gasteiger partial charge in [-0.1, -0.05) is 28.1 Å². The van der Waals surface area contributed by atoms with E-state index in [1.807, 2.05) is 0 Å². The number of nitrogens with one attached hydrogen (secondary N) is 1. The molecule has 0 saturated carbocycles. The van der Waals surface area contributed by atoms with Gasteiger partial charge in [0.15, 0.2) is 0 Å². The van der Waals surface area contributed by atoms with Crippen LogP contribution in [0.15, 0.2) is 74.7 Å². The summed E-state index contributed by atoms with van der Waals surface area (Å²) in [4.78, 5) is 22.6. The summed E-state index contributed by atoms with van der Waals surface area (Å²) in [5, 5.41) is 14.9. The first kappa shape index (κ1) is 17.6. The average molecular weight is 414 g/mol. The molecule has 3 aromatic rings. The van der Waals surface area contributed by atoms with Crippen LogP contribution >= 0.6 is 15.9 Å². The SMILES string of the molecule is O=C(N/N=C/c1ccc(-c2ccccc2[N+](=O)[O-])o1)c1ccc(Br)cc1. The third kappa shape index (κ3) is 4.04. The number of nitrogens with zero attached hydrogens (tertiary/aromatic N) is 2. The van der Waals surface area contributed by atoms with Crippen LogP contribution in [0, 0.1) is 10.1 Å². The van der Waals surface area contributed by atoms with Crippen LogP contribution in [0.2, 0.25) is 0 Å². The van der Waals surface area contributed by atoms with E-state index in [0.29, 0.717) is 22.6 Å². The van der Waals surface area contributed by atoms with E-state index in [1.165, 1.54) is 12.3 Å². The van der Waals surface area contributed by atoms with Gasteiger partial charge in [0, 0.05) is 16.1 Å². The van der Waals surface area contributed by atoms with Gasteiger partial charge in [-0.3, -0.25) is 14.9 Å². The third-order valence-corrected chi connectivity index (χ3v) is 3.99. The summed E-state index contributed by atoms with van der Waals surface area (Å²) in [5.74, 6) is 0.339. The van der Waals surface area contributed by atoms with Crippen LogP contribution in [0.5, 0.6) is 0 Å². The summed E-state index contributed by atoms with van der Waals surface area (Å²) in [6.45, 7) is 0. The highest BCUT2D eigenvalue weighted by Crippen LogP contribution is 2.30. The van der Waals surface area contributed by atoms with E-state index in [2.05, 4.69) is 26.5 Å². The number of carbonyl (C=O) groups excluding carboxylic acids is 1. The molecule has 0 fully saturated rings. The first-order chi connectivity index (χ1) is 12.5. The number of rotatable bonds is 5. The molecule has 0 unspecified atom stereocenters. The lowest BCUT2D eigenvalue weighted by atomic mass is 10.1. The molecule has 0 radical (unpaired) electrons. The number of carbonyl (C=O) groups is 1. The lowest BCUT2D eigenvalue weighted by molar-refractivity contribution is -0.384. The van der Waals surface area contributed by atoms with Crippen LogP contribution in [0.25, 0.3) is 11.3 Å². The summed E-state index contributed by atoms with van der Waals surface area (Å²) in [6.07, 6.45) is 1.33. The average Bonchev–Trinajstić information content (AvgIpc) is 3.11. The standard InChI is InChI=1S/C18H12BrN3O4/c19-13-7-5-12(6-8-13)18(23)21-20-11-14-9-10-17(26-14)15-3-1-2-4-16(15)22(24)25/h1-11H,(H,21,23)/b20-11+. The Balaban J connectivity index is 1.71. The van der Waals surface area contributed by atoms with Crippen molar-refractivity contribution in [3.05, 3.63) is 86.6 Å². The molecule has 26 heavy (non-hydrogen) atoms. The Morgan fingerprint density at radius 3 is 2.58 bits per heavy atom. The van der Waals surface area contributed by atoms with E-state index in [1.54, 1.807) is 54.6 Å². The molecule has 3 rings (SSSR count). The van der Waals surface area contributed by atoms with Crippen LogP contribution in [0.1, 0.15) is 16.1 Å². The summed E-state index contributed by atoms with van der Waals surface area (Å²) < 4.78 is 6.42. The van der Waals surface area contributed by atoms with E-state index in [4.69, 9.17) is 4.42 Å². The van der Waals surface area contributed by atoms with Gasteiger partial charge in [0.2, 0.25) is 0 Å². The number of halogens is 1. The topological polar surface area (TPSA) is 97.7 Å². The van der Waals surface area contributed by atoms with Crippen LogP contribution in [0.3, 0.4) is 0 Å². The Labute approximate surface area is 156 Å². The van der Waals surface area contributed by atoms with Crippen LogP contribution in [0.4, 0.5) is 5.69 Å². The molecule has 2 aromatic carbocycles. The zero-order valence-electron chi connectivity index (χ0n) is 13.3. The Hall–Kier alpha value is -3.26. The Kier molecular flexibility index (Phi) is 5.23. The van der Waals surface area contributed by atoms with Crippen LogP contribution < -0.4 is 5.43 Å².